The summed E-state index contributed by atoms with van der Waals surface area (Å²) in [4.78, 5) is 22.9. The molecular weight excluding hydrogens is 240 g/mol. The summed E-state index contributed by atoms with van der Waals surface area (Å²) < 4.78 is 0. The molecule has 19 heavy (non-hydrogen) atoms. The Kier molecular flexibility index (Phi) is 5.79. The van der Waals surface area contributed by atoms with Gasteiger partial charge in [0.1, 0.15) is 0 Å². The van der Waals surface area contributed by atoms with E-state index < -0.39 is 0 Å². The van der Waals surface area contributed by atoms with E-state index in [4.69, 9.17) is 0 Å². The van der Waals surface area contributed by atoms with Crippen molar-refractivity contribution in [3.63, 3.8) is 0 Å². The summed E-state index contributed by atoms with van der Waals surface area (Å²) in [5.41, 5.74) is 2.09. The lowest BCUT2D eigenvalue weighted by molar-refractivity contribution is -0.124. The fraction of sp³-hybridized carbons (Fsp3) is 0.333. The topological polar surface area (TPSA) is 58.2 Å². The normalized spacial score (nSPS) is 10.7. The van der Waals surface area contributed by atoms with E-state index in [0.29, 0.717) is 0 Å². The maximum absolute atomic E-state index is 11.5. The number of hydrogen-bond donors (Lipinski definition) is 2. The molecule has 1 rings (SSSR count). The minimum absolute atomic E-state index is 0.00484. The summed E-state index contributed by atoms with van der Waals surface area (Å²) in [6, 6.07) is 7.86. The molecule has 1 aromatic rings. The van der Waals surface area contributed by atoms with Gasteiger partial charge in [0.05, 0.1) is 6.54 Å². The third-order valence-corrected chi connectivity index (χ3v) is 2.48. The molecule has 0 aliphatic rings. The zero-order valence-electron chi connectivity index (χ0n) is 11.6. The average molecular weight is 260 g/mol. The first-order chi connectivity index (χ1) is 8.99. The molecule has 0 aliphatic heterocycles. The smallest absolute Gasteiger partial charge is 0.244 e. The highest BCUT2D eigenvalue weighted by Gasteiger charge is 2.04. The molecule has 2 N–H and O–H groups in total. The summed E-state index contributed by atoms with van der Waals surface area (Å²) in [5, 5.41) is 5.24. The van der Waals surface area contributed by atoms with Crippen LogP contribution in [-0.4, -0.2) is 24.4 Å². The van der Waals surface area contributed by atoms with Gasteiger partial charge in [0.2, 0.25) is 11.8 Å². The number of carbonyl (C=O) groups excluding carboxylic acids is 2. The fourth-order valence-electron chi connectivity index (χ4n) is 1.54. The second-order valence-electron chi connectivity index (χ2n) is 4.63. The van der Waals surface area contributed by atoms with E-state index in [2.05, 4.69) is 10.6 Å². The molecule has 4 heteroatoms. The quantitative estimate of drug-likeness (QED) is 0.791. The van der Waals surface area contributed by atoms with Crippen LogP contribution in [0.15, 0.2) is 30.3 Å². The van der Waals surface area contributed by atoms with Crippen LogP contribution >= 0.6 is 0 Å². The highest BCUT2D eigenvalue weighted by Crippen LogP contribution is 2.08. The molecule has 0 saturated carbocycles. The van der Waals surface area contributed by atoms with Gasteiger partial charge < -0.3 is 10.6 Å². The van der Waals surface area contributed by atoms with Gasteiger partial charge in [-0.2, -0.15) is 0 Å². The van der Waals surface area contributed by atoms with Gasteiger partial charge in [-0.25, -0.2) is 0 Å². The van der Waals surface area contributed by atoms with Crippen LogP contribution in [0.5, 0.6) is 0 Å². The number of carbonyl (C=O) groups is 2. The summed E-state index contributed by atoms with van der Waals surface area (Å²) in [5.74, 6) is -0.463. The van der Waals surface area contributed by atoms with E-state index in [1.54, 1.807) is 6.08 Å². The lowest BCUT2D eigenvalue weighted by Gasteiger charge is -2.08. The largest absolute Gasteiger partial charge is 0.352 e. The van der Waals surface area contributed by atoms with E-state index in [0.717, 1.165) is 11.1 Å². The van der Waals surface area contributed by atoms with E-state index in [1.165, 1.54) is 6.08 Å². The number of hydrogen-bond acceptors (Lipinski definition) is 2. The molecule has 0 spiro atoms. The predicted octanol–water partition coefficient (Wildman–Crippen LogP) is 1.65. The molecule has 0 aromatic heterocycles. The number of nitrogens with one attached hydrogen (secondary N) is 2. The molecule has 1 aromatic carbocycles. The molecule has 0 fully saturated rings. The van der Waals surface area contributed by atoms with Crippen LogP contribution in [0.3, 0.4) is 0 Å². The standard InChI is InChI=1S/C15H20N2O2/c1-11(2)17-15(19)10-16-14(18)9-8-13-7-5-4-6-12(13)3/h4-9,11H,10H2,1-3H3,(H,16,18)(H,17,19)/b9-8+. The Morgan fingerprint density at radius 2 is 1.95 bits per heavy atom. The van der Waals surface area contributed by atoms with Crippen LogP contribution in [0.25, 0.3) is 6.08 Å². The summed E-state index contributed by atoms with van der Waals surface area (Å²) in [7, 11) is 0. The maximum atomic E-state index is 11.5. The van der Waals surface area contributed by atoms with Gasteiger partial charge in [-0.05, 0) is 38.0 Å². The Bertz CT molecular complexity index is 479. The zero-order chi connectivity index (χ0) is 14.3. The van der Waals surface area contributed by atoms with Crippen LogP contribution in [-0.2, 0) is 9.59 Å². The summed E-state index contributed by atoms with van der Waals surface area (Å²) in [6.07, 6.45) is 3.18. The van der Waals surface area contributed by atoms with Crippen molar-refractivity contribution in [3.8, 4) is 0 Å². The molecule has 0 bridgehead atoms. The van der Waals surface area contributed by atoms with Crippen molar-refractivity contribution in [1.29, 1.82) is 0 Å². The van der Waals surface area contributed by atoms with Crippen molar-refractivity contribution in [2.45, 2.75) is 26.8 Å². The first kappa shape index (κ1) is 15.0. The number of rotatable bonds is 5. The predicted molar refractivity (Wildman–Crippen MR) is 76.5 cm³/mol. The number of amides is 2. The van der Waals surface area contributed by atoms with Gasteiger partial charge in [-0.1, -0.05) is 24.3 Å². The third-order valence-electron chi connectivity index (χ3n) is 2.48. The highest BCUT2D eigenvalue weighted by molar-refractivity contribution is 5.94. The van der Waals surface area contributed by atoms with Crippen LogP contribution in [0.1, 0.15) is 25.0 Å². The molecular formula is C15H20N2O2. The second kappa shape index (κ2) is 7.36. The monoisotopic (exact) mass is 260 g/mol. The van der Waals surface area contributed by atoms with Gasteiger partial charge in [-0.3, -0.25) is 9.59 Å². The molecule has 0 unspecified atom stereocenters. The Labute approximate surface area is 113 Å². The van der Waals surface area contributed by atoms with E-state index in [1.807, 2.05) is 45.0 Å². The third kappa shape index (κ3) is 5.86. The number of benzene rings is 1. The molecule has 0 saturated heterocycles. The van der Waals surface area contributed by atoms with E-state index >= 15 is 0 Å². The van der Waals surface area contributed by atoms with Gasteiger partial charge in [-0.15, -0.1) is 0 Å². The summed E-state index contributed by atoms with van der Waals surface area (Å²) in [6.45, 7) is 5.72. The Balaban J connectivity index is 2.44. The van der Waals surface area contributed by atoms with Crippen LogP contribution < -0.4 is 10.6 Å². The van der Waals surface area contributed by atoms with E-state index in [-0.39, 0.29) is 24.4 Å². The Morgan fingerprint density at radius 1 is 1.26 bits per heavy atom. The Hall–Kier alpha value is -2.10. The van der Waals surface area contributed by atoms with E-state index in [9.17, 15) is 9.59 Å². The van der Waals surface area contributed by atoms with Crippen molar-refractivity contribution in [2.75, 3.05) is 6.54 Å². The highest BCUT2D eigenvalue weighted by atomic mass is 16.2. The van der Waals surface area contributed by atoms with Gasteiger partial charge in [0.25, 0.3) is 0 Å². The number of aryl methyl sites for hydroxylation is 1. The molecule has 0 heterocycles. The first-order valence-corrected chi connectivity index (χ1v) is 6.30. The van der Waals surface area contributed by atoms with Crippen molar-refractivity contribution >= 4 is 17.9 Å². The van der Waals surface area contributed by atoms with Gasteiger partial charge in [0, 0.05) is 12.1 Å². The lowest BCUT2D eigenvalue weighted by Crippen LogP contribution is -2.39. The van der Waals surface area contributed by atoms with Crippen molar-refractivity contribution in [2.24, 2.45) is 0 Å². The second-order valence-corrected chi connectivity index (χ2v) is 4.63. The van der Waals surface area contributed by atoms with Crippen LogP contribution in [0.2, 0.25) is 0 Å². The zero-order valence-corrected chi connectivity index (χ0v) is 11.6. The first-order valence-electron chi connectivity index (χ1n) is 6.30. The van der Waals surface area contributed by atoms with Crippen LogP contribution in [0, 0.1) is 6.92 Å². The lowest BCUT2D eigenvalue weighted by atomic mass is 10.1. The Morgan fingerprint density at radius 3 is 2.58 bits per heavy atom. The fourth-order valence-corrected chi connectivity index (χ4v) is 1.54. The van der Waals surface area contributed by atoms with Crippen molar-refractivity contribution in [3.05, 3.63) is 41.5 Å². The molecule has 0 aliphatic carbocycles. The van der Waals surface area contributed by atoms with Crippen LogP contribution in [0.4, 0.5) is 0 Å². The SMILES string of the molecule is Cc1ccccc1/C=C/C(=O)NCC(=O)NC(C)C. The maximum Gasteiger partial charge on any atom is 0.244 e. The minimum atomic E-state index is -0.276. The molecule has 0 atom stereocenters. The molecule has 2 amide bonds. The van der Waals surface area contributed by atoms with Gasteiger partial charge in [0.15, 0.2) is 0 Å². The van der Waals surface area contributed by atoms with Gasteiger partial charge >= 0.3 is 0 Å². The minimum Gasteiger partial charge on any atom is -0.352 e. The average Bonchev–Trinajstić information content (AvgIpc) is 2.34. The summed E-state index contributed by atoms with van der Waals surface area (Å²) >= 11 is 0. The molecule has 102 valence electrons. The van der Waals surface area contributed by atoms with Crippen molar-refractivity contribution < 1.29 is 9.59 Å². The van der Waals surface area contributed by atoms with Crippen molar-refractivity contribution in [1.82, 2.24) is 10.6 Å². The molecule has 0 radical (unpaired) electrons. The molecule has 4 nitrogen and oxygen atoms in total.